The average molecular weight is 235 g/mol. The van der Waals surface area contributed by atoms with Gasteiger partial charge in [-0.2, -0.15) is 0 Å². The van der Waals surface area contributed by atoms with E-state index in [4.69, 9.17) is 5.11 Å². The Kier molecular flexibility index (Phi) is 4.55. The highest BCUT2D eigenvalue weighted by Crippen LogP contribution is 2.18. The normalized spacial score (nSPS) is 14.1. The molecule has 0 fully saturated rings. The van der Waals surface area contributed by atoms with Crippen molar-refractivity contribution < 1.29 is 9.90 Å². The van der Waals surface area contributed by atoms with E-state index in [1.165, 1.54) is 0 Å². The van der Waals surface area contributed by atoms with E-state index in [0.29, 0.717) is 17.5 Å². The van der Waals surface area contributed by atoms with E-state index in [0.717, 1.165) is 17.7 Å². The van der Waals surface area contributed by atoms with Crippen LogP contribution in [0.25, 0.3) is 0 Å². The van der Waals surface area contributed by atoms with Gasteiger partial charge >= 0.3 is 5.97 Å². The predicted molar refractivity (Wildman–Crippen MR) is 70.7 cm³/mol. The Balaban J connectivity index is 2.81. The number of nitrogens with one attached hydrogen (secondary N) is 1. The summed E-state index contributed by atoms with van der Waals surface area (Å²) >= 11 is 0. The smallest absolute Gasteiger partial charge is 0.335 e. The first-order chi connectivity index (χ1) is 7.95. The summed E-state index contributed by atoms with van der Waals surface area (Å²) in [6.07, 6.45) is 1.13. The third kappa shape index (κ3) is 3.48. The average Bonchev–Trinajstić information content (AvgIpc) is 2.27. The lowest BCUT2D eigenvalue weighted by molar-refractivity contribution is 0.0696. The van der Waals surface area contributed by atoms with Crippen LogP contribution in [0.2, 0.25) is 0 Å². The van der Waals surface area contributed by atoms with Gasteiger partial charge in [0.15, 0.2) is 0 Å². The fourth-order valence-electron chi connectivity index (χ4n) is 1.75. The van der Waals surface area contributed by atoms with Crippen LogP contribution in [0.4, 0.5) is 5.69 Å². The van der Waals surface area contributed by atoms with Crippen molar-refractivity contribution in [2.24, 2.45) is 5.92 Å². The predicted octanol–water partition coefficient (Wildman–Crippen LogP) is 3.54. The first kappa shape index (κ1) is 13.6. The molecular weight excluding hydrogens is 214 g/mol. The van der Waals surface area contributed by atoms with Crippen LogP contribution in [-0.4, -0.2) is 17.1 Å². The van der Waals surface area contributed by atoms with Crippen molar-refractivity contribution in [2.75, 3.05) is 5.32 Å². The summed E-state index contributed by atoms with van der Waals surface area (Å²) in [6.45, 7) is 8.34. The third-order valence-electron chi connectivity index (χ3n) is 3.35. The van der Waals surface area contributed by atoms with Crippen molar-refractivity contribution >= 4 is 11.7 Å². The van der Waals surface area contributed by atoms with Crippen LogP contribution in [0.3, 0.4) is 0 Å². The van der Waals surface area contributed by atoms with Crippen molar-refractivity contribution in [3.8, 4) is 0 Å². The second-order valence-electron chi connectivity index (χ2n) is 4.65. The van der Waals surface area contributed by atoms with Gasteiger partial charge in [-0.3, -0.25) is 0 Å². The van der Waals surface area contributed by atoms with Gasteiger partial charge in [-0.05, 0) is 43.5 Å². The molecule has 0 saturated carbocycles. The molecule has 0 spiro atoms. The lowest BCUT2D eigenvalue weighted by Crippen LogP contribution is -2.23. The number of hydrogen-bond acceptors (Lipinski definition) is 2. The molecule has 0 aliphatic rings. The number of rotatable bonds is 5. The molecule has 3 nitrogen and oxygen atoms in total. The maximum atomic E-state index is 10.9. The highest BCUT2D eigenvalue weighted by atomic mass is 16.4. The topological polar surface area (TPSA) is 49.3 Å². The minimum Gasteiger partial charge on any atom is -0.478 e. The molecule has 17 heavy (non-hydrogen) atoms. The Bertz CT molecular complexity index is 401. The summed E-state index contributed by atoms with van der Waals surface area (Å²) in [5.74, 6) is -0.279. The van der Waals surface area contributed by atoms with Crippen molar-refractivity contribution in [3.05, 3.63) is 29.3 Å². The molecule has 1 rings (SSSR count). The molecule has 94 valence electrons. The molecule has 0 radical (unpaired) electrons. The number of anilines is 1. The second kappa shape index (κ2) is 5.71. The van der Waals surface area contributed by atoms with Crippen molar-refractivity contribution in [1.29, 1.82) is 0 Å². The van der Waals surface area contributed by atoms with Gasteiger partial charge < -0.3 is 10.4 Å². The monoisotopic (exact) mass is 235 g/mol. The first-order valence-electron chi connectivity index (χ1n) is 6.06. The van der Waals surface area contributed by atoms with Gasteiger partial charge in [0.25, 0.3) is 0 Å². The number of carbonyl (C=O) groups is 1. The molecule has 1 aromatic carbocycles. The SMILES string of the molecule is CCC(C)C(C)Nc1ccc(C(=O)O)c(C)c1. The highest BCUT2D eigenvalue weighted by molar-refractivity contribution is 5.89. The Hall–Kier alpha value is -1.51. The van der Waals surface area contributed by atoms with Crippen molar-refractivity contribution in [3.63, 3.8) is 0 Å². The second-order valence-corrected chi connectivity index (χ2v) is 4.65. The largest absolute Gasteiger partial charge is 0.478 e. The number of hydrogen-bond donors (Lipinski definition) is 2. The molecule has 0 aromatic heterocycles. The Morgan fingerprint density at radius 3 is 2.53 bits per heavy atom. The van der Waals surface area contributed by atoms with Crippen LogP contribution >= 0.6 is 0 Å². The summed E-state index contributed by atoms with van der Waals surface area (Å²) in [4.78, 5) is 10.9. The molecule has 0 saturated heterocycles. The Morgan fingerprint density at radius 2 is 2.06 bits per heavy atom. The molecule has 3 heteroatoms. The summed E-state index contributed by atoms with van der Waals surface area (Å²) in [5, 5.41) is 12.4. The highest BCUT2D eigenvalue weighted by Gasteiger charge is 2.11. The summed E-state index contributed by atoms with van der Waals surface area (Å²) in [5.41, 5.74) is 2.14. The fourth-order valence-corrected chi connectivity index (χ4v) is 1.75. The van der Waals surface area contributed by atoms with E-state index in [2.05, 4.69) is 26.1 Å². The number of aryl methyl sites for hydroxylation is 1. The van der Waals surface area contributed by atoms with Crippen LogP contribution in [0, 0.1) is 12.8 Å². The zero-order chi connectivity index (χ0) is 13.0. The van der Waals surface area contributed by atoms with Gasteiger partial charge in [-0.25, -0.2) is 4.79 Å². The van der Waals surface area contributed by atoms with Gasteiger partial charge in [-0.1, -0.05) is 20.3 Å². The van der Waals surface area contributed by atoms with Gasteiger partial charge in [0, 0.05) is 11.7 Å². The van der Waals surface area contributed by atoms with Crippen LogP contribution < -0.4 is 5.32 Å². The van der Waals surface area contributed by atoms with Crippen LogP contribution in [0.15, 0.2) is 18.2 Å². The third-order valence-corrected chi connectivity index (χ3v) is 3.35. The molecule has 0 aliphatic heterocycles. The Morgan fingerprint density at radius 1 is 1.41 bits per heavy atom. The maximum Gasteiger partial charge on any atom is 0.335 e. The van der Waals surface area contributed by atoms with Crippen LogP contribution in [-0.2, 0) is 0 Å². The summed E-state index contributed by atoms with van der Waals surface area (Å²) < 4.78 is 0. The molecule has 2 atom stereocenters. The lowest BCUT2D eigenvalue weighted by atomic mass is 10.00. The van der Waals surface area contributed by atoms with Gasteiger partial charge in [0.1, 0.15) is 0 Å². The van der Waals surface area contributed by atoms with Gasteiger partial charge in [0.2, 0.25) is 0 Å². The standard InChI is InChI=1S/C14H21NO2/c1-5-9(2)11(4)15-12-6-7-13(14(16)17)10(3)8-12/h6-9,11,15H,5H2,1-4H3,(H,16,17). The lowest BCUT2D eigenvalue weighted by Gasteiger charge is -2.21. The van der Waals surface area contributed by atoms with Crippen molar-refractivity contribution in [1.82, 2.24) is 0 Å². The van der Waals surface area contributed by atoms with E-state index in [-0.39, 0.29) is 0 Å². The molecule has 1 aromatic rings. The fraction of sp³-hybridized carbons (Fsp3) is 0.500. The molecule has 0 heterocycles. The zero-order valence-electron chi connectivity index (χ0n) is 10.9. The number of carboxylic acids is 1. The van der Waals surface area contributed by atoms with Crippen LogP contribution in [0.1, 0.15) is 43.1 Å². The molecular formula is C14H21NO2. The van der Waals surface area contributed by atoms with Gasteiger partial charge in [0.05, 0.1) is 5.56 Å². The quantitative estimate of drug-likeness (QED) is 0.820. The molecule has 0 bridgehead atoms. The Labute approximate surface area is 103 Å². The van der Waals surface area contributed by atoms with Gasteiger partial charge in [-0.15, -0.1) is 0 Å². The number of aromatic carboxylic acids is 1. The molecule has 2 unspecified atom stereocenters. The minimum atomic E-state index is -0.871. The summed E-state index contributed by atoms with van der Waals surface area (Å²) in [6, 6.07) is 5.76. The molecule has 2 N–H and O–H groups in total. The van der Waals surface area contributed by atoms with Crippen LogP contribution in [0.5, 0.6) is 0 Å². The van der Waals surface area contributed by atoms with Crippen molar-refractivity contribution in [2.45, 2.75) is 40.2 Å². The maximum absolute atomic E-state index is 10.9. The zero-order valence-corrected chi connectivity index (χ0v) is 10.9. The first-order valence-corrected chi connectivity index (χ1v) is 6.06. The van der Waals surface area contributed by atoms with E-state index < -0.39 is 5.97 Å². The molecule has 0 amide bonds. The molecule has 0 aliphatic carbocycles. The summed E-state index contributed by atoms with van der Waals surface area (Å²) in [7, 11) is 0. The number of carboxylic acid groups (broad SMARTS) is 1. The van der Waals surface area contributed by atoms with E-state index in [1.807, 2.05) is 19.1 Å². The minimum absolute atomic E-state index is 0.367. The number of benzene rings is 1. The van der Waals surface area contributed by atoms with E-state index >= 15 is 0 Å². The van der Waals surface area contributed by atoms with E-state index in [9.17, 15) is 4.79 Å². The van der Waals surface area contributed by atoms with E-state index in [1.54, 1.807) is 6.07 Å².